The lowest BCUT2D eigenvalue weighted by Gasteiger charge is -2.41. The third-order valence-electron chi connectivity index (χ3n) is 7.52. The smallest absolute Gasteiger partial charge is 0.197 e. The molecular weight excluding hydrogens is 428 g/mol. The zero-order valence-electron chi connectivity index (χ0n) is 20.3. The van der Waals surface area contributed by atoms with Gasteiger partial charge in [0.25, 0.3) is 0 Å². The second-order valence-electron chi connectivity index (χ2n) is 9.98. The Labute approximate surface area is 199 Å². The van der Waals surface area contributed by atoms with E-state index in [0.29, 0.717) is 29.3 Å². The van der Waals surface area contributed by atoms with Gasteiger partial charge in [0.2, 0.25) is 0 Å². The van der Waals surface area contributed by atoms with E-state index in [1.165, 1.54) is 16.8 Å². The quantitative estimate of drug-likeness (QED) is 0.479. The third kappa shape index (κ3) is 3.47. The van der Waals surface area contributed by atoms with Gasteiger partial charge in [0.15, 0.2) is 11.4 Å². The Balaban J connectivity index is 1.41. The summed E-state index contributed by atoms with van der Waals surface area (Å²) in [6.07, 6.45) is 5.88. The van der Waals surface area contributed by atoms with E-state index < -0.39 is 0 Å². The van der Waals surface area contributed by atoms with Crippen LogP contribution in [0.2, 0.25) is 0 Å². The Bertz CT molecular complexity index is 1340. The number of fused-ring (bicyclic) bond motifs is 2. The predicted molar refractivity (Wildman–Crippen MR) is 132 cm³/mol. The maximum Gasteiger partial charge on any atom is 0.197 e. The standard InChI is InChI=1S/C26H32N6O2/c1-15(2)22-24(18-10-21(33-4)26-27-14-28-32(26)11-18)29-20-9-16(3)23(30-25(20)22)17-5-7-31(8-6-17)19-12-34-13-19/h9-11,14-15,17,19,29H,5-8,12-13H2,1-4H3. The molecule has 0 atom stereocenters. The number of H-pyrrole nitrogens is 1. The lowest BCUT2D eigenvalue weighted by Crippen LogP contribution is -2.51. The number of ether oxygens (including phenoxy) is 2. The van der Waals surface area contributed by atoms with Crippen LogP contribution < -0.4 is 4.74 Å². The summed E-state index contributed by atoms with van der Waals surface area (Å²) in [4.78, 5) is 15.9. The van der Waals surface area contributed by atoms with Gasteiger partial charge in [-0.25, -0.2) is 9.50 Å². The molecule has 4 aromatic rings. The topological polar surface area (TPSA) is 80.6 Å². The van der Waals surface area contributed by atoms with Gasteiger partial charge in [0.1, 0.15) is 6.33 Å². The monoisotopic (exact) mass is 460 g/mol. The molecule has 0 aliphatic carbocycles. The van der Waals surface area contributed by atoms with Crippen LogP contribution in [0.4, 0.5) is 0 Å². The van der Waals surface area contributed by atoms with Crippen LogP contribution in [-0.2, 0) is 4.74 Å². The number of nitrogens with one attached hydrogen (secondary N) is 1. The minimum Gasteiger partial charge on any atom is -0.493 e. The lowest BCUT2D eigenvalue weighted by molar-refractivity contribution is -0.0713. The Hall–Kier alpha value is -2.97. The highest BCUT2D eigenvalue weighted by atomic mass is 16.5. The highest BCUT2D eigenvalue weighted by Gasteiger charge is 2.31. The number of likely N-dealkylation sites (tertiary alicyclic amines) is 1. The molecule has 4 aromatic heterocycles. The molecule has 6 heterocycles. The van der Waals surface area contributed by atoms with Crippen molar-refractivity contribution in [3.05, 3.63) is 41.5 Å². The first-order valence-electron chi connectivity index (χ1n) is 12.3. The Morgan fingerprint density at radius 1 is 1.18 bits per heavy atom. The second-order valence-corrected chi connectivity index (χ2v) is 9.98. The first-order chi connectivity index (χ1) is 16.5. The molecular formula is C26H32N6O2. The lowest BCUT2D eigenvalue weighted by atomic mass is 9.89. The van der Waals surface area contributed by atoms with Crippen molar-refractivity contribution in [2.24, 2.45) is 0 Å². The number of aromatic amines is 1. The summed E-state index contributed by atoms with van der Waals surface area (Å²) in [7, 11) is 1.67. The van der Waals surface area contributed by atoms with Crippen molar-refractivity contribution in [3.8, 4) is 17.0 Å². The van der Waals surface area contributed by atoms with E-state index in [2.05, 4.69) is 46.8 Å². The fraction of sp³-hybridized carbons (Fsp3) is 0.500. The number of methoxy groups -OCH3 is 1. The largest absolute Gasteiger partial charge is 0.493 e. The number of aryl methyl sites for hydroxylation is 1. The van der Waals surface area contributed by atoms with Gasteiger partial charge in [-0.05, 0) is 56.5 Å². The number of hydrogen-bond donors (Lipinski definition) is 1. The molecule has 2 aliphatic heterocycles. The van der Waals surface area contributed by atoms with Crippen molar-refractivity contribution < 1.29 is 9.47 Å². The molecule has 1 N–H and O–H groups in total. The summed E-state index contributed by atoms with van der Waals surface area (Å²) in [5.74, 6) is 1.52. The second kappa shape index (κ2) is 8.36. The van der Waals surface area contributed by atoms with E-state index in [9.17, 15) is 0 Å². The Morgan fingerprint density at radius 3 is 2.65 bits per heavy atom. The summed E-state index contributed by atoms with van der Waals surface area (Å²) >= 11 is 0. The number of pyridine rings is 2. The molecule has 0 unspecified atom stereocenters. The van der Waals surface area contributed by atoms with Gasteiger partial charge >= 0.3 is 0 Å². The van der Waals surface area contributed by atoms with Crippen molar-refractivity contribution >= 4 is 16.7 Å². The van der Waals surface area contributed by atoms with Crippen LogP contribution in [0.3, 0.4) is 0 Å². The van der Waals surface area contributed by atoms with E-state index in [4.69, 9.17) is 14.5 Å². The zero-order valence-corrected chi connectivity index (χ0v) is 20.3. The summed E-state index contributed by atoms with van der Waals surface area (Å²) in [6.45, 7) is 10.7. The predicted octanol–water partition coefficient (Wildman–Crippen LogP) is 4.29. The van der Waals surface area contributed by atoms with E-state index in [1.54, 1.807) is 18.0 Å². The summed E-state index contributed by atoms with van der Waals surface area (Å²) < 4.78 is 12.8. The van der Waals surface area contributed by atoms with Gasteiger partial charge < -0.3 is 14.5 Å². The van der Waals surface area contributed by atoms with Crippen LogP contribution in [0.15, 0.2) is 24.7 Å². The molecule has 0 bridgehead atoms. The molecule has 0 amide bonds. The van der Waals surface area contributed by atoms with Gasteiger partial charge in [-0.15, -0.1) is 0 Å². The zero-order chi connectivity index (χ0) is 23.4. The number of rotatable bonds is 5. The van der Waals surface area contributed by atoms with Gasteiger partial charge in [0.05, 0.1) is 43.1 Å². The first kappa shape index (κ1) is 21.6. The molecule has 2 saturated heterocycles. The van der Waals surface area contributed by atoms with E-state index in [0.717, 1.165) is 61.4 Å². The van der Waals surface area contributed by atoms with Crippen LogP contribution in [0.25, 0.3) is 27.9 Å². The molecule has 2 fully saturated rings. The van der Waals surface area contributed by atoms with Crippen LogP contribution in [0, 0.1) is 6.92 Å². The average Bonchev–Trinajstić information content (AvgIpc) is 3.41. The summed E-state index contributed by atoms with van der Waals surface area (Å²) in [5.41, 5.74) is 8.74. The number of nitrogens with zero attached hydrogens (tertiary/aromatic N) is 5. The molecule has 6 rings (SSSR count). The molecule has 8 heteroatoms. The molecule has 0 radical (unpaired) electrons. The van der Waals surface area contributed by atoms with Crippen LogP contribution in [-0.4, -0.2) is 68.9 Å². The van der Waals surface area contributed by atoms with E-state index >= 15 is 0 Å². The molecule has 2 aliphatic rings. The van der Waals surface area contributed by atoms with Gasteiger partial charge in [0, 0.05) is 28.9 Å². The van der Waals surface area contributed by atoms with Crippen LogP contribution in [0.5, 0.6) is 5.75 Å². The van der Waals surface area contributed by atoms with Crippen molar-refractivity contribution in [3.63, 3.8) is 0 Å². The van der Waals surface area contributed by atoms with Gasteiger partial charge in [-0.1, -0.05) is 13.8 Å². The van der Waals surface area contributed by atoms with Crippen molar-refractivity contribution in [2.45, 2.75) is 51.5 Å². The SMILES string of the molecule is COc1cc(-c2[nH]c3cc(C)c(C4CCN(C5COC5)CC4)nc3c2C(C)C)cn2ncnc12. The Kier molecular flexibility index (Phi) is 5.30. The molecule has 0 spiro atoms. The molecule has 8 nitrogen and oxygen atoms in total. The van der Waals surface area contributed by atoms with Crippen molar-refractivity contribution in [1.29, 1.82) is 0 Å². The fourth-order valence-corrected chi connectivity index (χ4v) is 5.61. The summed E-state index contributed by atoms with van der Waals surface area (Å²) in [6, 6.07) is 4.94. The highest BCUT2D eigenvalue weighted by Crippen LogP contribution is 2.39. The molecule has 0 saturated carbocycles. The molecule has 34 heavy (non-hydrogen) atoms. The van der Waals surface area contributed by atoms with Crippen molar-refractivity contribution in [2.75, 3.05) is 33.4 Å². The molecule has 178 valence electrons. The number of aromatic nitrogens is 5. The minimum atomic E-state index is 0.310. The number of piperidine rings is 1. The maximum absolute atomic E-state index is 5.61. The fourth-order valence-electron chi connectivity index (χ4n) is 5.61. The van der Waals surface area contributed by atoms with Gasteiger partial charge in [-0.3, -0.25) is 9.88 Å². The van der Waals surface area contributed by atoms with Gasteiger partial charge in [-0.2, -0.15) is 5.10 Å². The van der Waals surface area contributed by atoms with E-state index in [1.807, 2.05) is 12.3 Å². The van der Waals surface area contributed by atoms with Crippen LogP contribution >= 0.6 is 0 Å². The van der Waals surface area contributed by atoms with E-state index in [-0.39, 0.29) is 0 Å². The van der Waals surface area contributed by atoms with Crippen molar-refractivity contribution in [1.82, 2.24) is 29.5 Å². The Morgan fingerprint density at radius 2 is 1.97 bits per heavy atom. The highest BCUT2D eigenvalue weighted by molar-refractivity contribution is 5.89. The van der Waals surface area contributed by atoms with Crippen LogP contribution in [0.1, 0.15) is 55.3 Å². The molecule has 0 aromatic carbocycles. The third-order valence-corrected chi connectivity index (χ3v) is 7.52. The average molecular weight is 461 g/mol. The maximum atomic E-state index is 5.61. The number of hydrogen-bond acceptors (Lipinski definition) is 6. The minimum absolute atomic E-state index is 0.310. The summed E-state index contributed by atoms with van der Waals surface area (Å²) in [5, 5.41) is 4.34. The first-order valence-corrected chi connectivity index (χ1v) is 12.3. The normalized spacial score (nSPS) is 18.3.